The molecule has 0 amide bonds. The molecule has 1 unspecified atom stereocenters. The number of rotatable bonds is 3. The number of carbonyl (C=O) groups is 1. The fourth-order valence-corrected chi connectivity index (χ4v) is 3.20. The summed E-state index contributed by atoms with van der Waals surface area (Å²) >= 11 is 11.8. The molecule has 1 aliphatic rings. The topological polar surface area (TPSA) is 95.7 Å². The van der Waals surface area contributed by atoms with Crippen LogP contribution in [-0.4, -0.2) is 27.1 Å². The van der Waals surface area contributed by atoms with Crippen molar-refractivity contribution in [1.82, 2.24) is 0 Å². The van der Waals surface area contributed by atoms with Crippen LogP contribution in [0.4, 0.5) is 0 Å². The van der Waals surface area contributed by atoms with Crippen molar-refractivity contribution < 1.29 is 22.7 Å². The molecule has 1 aromatic carbocycles. The third-order valence-corrected chi connectivity index (χ3v) is 4.49. The molecule has 1 aliphatic heterocycles. The number of benzene rings is 1. The van der Waals surface area contributed by atoms with Gasteiger partial charge < -0.3 is 9.47 Å². The molecule has 0 fully saturated rings. The molecule has 20 heavy (non-hydrogen) atoms. The Hall–Kier alpha value is -1.02. The lowest BCUT2D eigenvalue weighted by Crippen LogP contribution is -2.27. The first-order valence-corrected chi connectivity index (χ1v) is 7.93. The highest BCUT2D eigenvalue weighted by Crippen LogP contribution is 2.43. The number of hydrogen-bond donors (Lipinski definition) is 1. The average Bonchev–Trinajstić information content (AvgIpc) is 2.77. The SMILES string of the molecule is CCOC(=O)C1Cc2c(S(N)(=O)=O)cc(Cl)c(Cl)c2O1. The van der Waals surface area contributed by atoms with E-state index in [4.69, 9.17) is 37.8 Å². The van der Waals surface area contributed by atoms with E-state index in [1.165, 1.54) is 0 Å². The van der Waals surface area contributed by atoms with Crippen LogP contribution in [0.2, 0.25) is 10.0 Å². The van der Waals surface area contributed by atoms with E-state index in [0.717, 1.165) is 6.07 Å². The number of ether oxygens (including phenoxy) is 2. The highest BCUT2D eigenvalue weighted by Gasteiger charge is 2.36. The van der Waals surface area contributed by atoms with Gasteiger partial charge in [0.25, 0.3) is 0 Å². The third-order valence-electron chi connectivity index (χ3n) is 2.74. The first-order chi connectivity index (χ1) is 9.25. The Morgan fingerprint density at radius 1 is 1.55 bits per heavy atom. The van der Waals surface area contributed by atoms with E-state index >= 15 is 0 Å². The highest BCUT2D eigenvalue weighted by atomic mass is 35.5. The fraction of sp³-hybridized carbons (Fsp3) is 0.364. The Morgan fingerprint density at radius 3 is 2.75 bits per heavy atom. The van der Waals surface area contributed by atoms with Gasteiger partial charge in [0.1, 0.15) is 10.8 Å². The molecule has 1 aromatic rings. The summed E-state index contributed by atoms with van der Waals surface area (Å²) in [6.45, 7) is 1.84. The summed E-state index contributed by atoms with van der Waals surface area (Å²) in [6, 6.07) is 1.15. The number of sulfonamides is 1. The van der Waals surface area contributed by atoms with Gasteiger partial charge in [0.15, 0.2) is 6.10 Å². The quantitative estimate of drug-likeness (QED) is 0.842. The number of hydrogen-bond acceptors (Lipinski definition) is 5. The molecule has 1 heterocycles. The van der Waals surface area contributed by atoms with Crippen molar-refractivity contribution in [3.05, 3.63) is 21.7 Å². The predicted octanol–water partition coefficient (Wildman–Crippen LogP) is 1.51. The van der Waals surface area contributed by atoms with Gasteiger partial charge in [0, 0.05) is 12.0 Å². The molecule has 0 spiro atoms. The summed E-state index contributed by atoms with van der Waals surface area (Å²) in [5.41, 5.74) is 0.236. The standard InChI is InChI=1S/C11H11Cl2NO5S/c1-2-18-11(15)7-3-5-8(20(14,16)17)4-6(12)9(13)10(5)19-7/h4,7H,2-3H2,1H3,(H2,14,16,17). The van der Waals surface area contributed by atoms with Crippen LogP contribution < -0.4 is 9.88 Å². The Kier molecular flexibility index (Phi) is 4.15. The molecule has 6 nitrogen and oxygen atoms in total. The second kappa shape index (κ2) is 5.40. The van der Waals surface area contributed by atoms with Gasteiger partial charge in [-0.1, -0.05) is 23.2 Å². The maximum Gasteiger partial charge on any atom is 0.347 e. The van der Waals surface area contributed by atoms with Gasteiger partial charge in [-0.25, -0.2) is 18.4 Å². The van der Waals surface area contributed by atoms with Crippen LogP contribution in [0.25, 0.3) is 0 Å². The Morgan fingerprint density at radius 2 is 2.20 bits per heavy atom. The van der Waals surface area contributed by atoms with Crippen molar-refractivity contribution in [1.29, 1.82) is 0 Å². The van der Waals surface area contributed by atoms with Gasteiger partial charge in [-0.15, -0.1) is 0 Å². The predicted molar refractivity (Wildman–Crippen MR) is 72.6 cm³/mol. The van der Waals surface area contributed by atoms with Crippen molar-refractivity contribution in [3.8, 4) is 5.75 Å². The van der Waals surface area contributed by atoms with Crippen LogP contribution in [0.1, 0.15) is 12.5 Å². The summed E-state index contributed by atoms with van der Waals surface area (Å²) in [7, 11) is -4.00. The van der Waals surface area contributed by atoms with Gasteiger partial charge in [-0.2, -0.15) is 0 Å². The summed E-state index contributed by atoms with van der Waals surface area (Å²) in [4.78, 5) is 11.5. The summed E-state index contributed by atoms with van der Waals surface area (Å²) in [6.07, 6.45) is -0.946. The maximum absolute atomic E-state index is 11.7. The van der Waals surface area contributed by atoms with Crippen molar-refractivity contribution in [2.24, 2.45) is 5.14 Å². The van der Waals surface area contributed by atoms with Crippen LogP contribution in [-0.2, 0) is 26.0 Å². The molecule has 1 atom stereocenters. The molecule has 2 N–H and O–H groups in total. The zero-order chi connectivity index (χ0) is 15.1. The molecule has 110 valence electrons. The lowest BCUT2D eigenvalue weighted by molar-refractivity contribution is -0.150. The van der Waals surface area contributed by atoms with Crippen LogP contribution in [0.5, 0.6) is 5.75 Å². The van der Waals surface area contributed by atoms with Gasteiger partial charge in [0.05, 0.1) is 16.5 Å². The lowest BCUT2D eigenvalue weighted by Gasteiger charge is -2.10. The highest BCUT2D eigenvalue weighted by molar-refractivity contribution is 7.89. The fourth-order valence-electron chi connectivity index (χ4n) is 1.92. The molecular weight excluding hydrogens is 329 g/mol. The molecule has 9 heteroatoms. The van der Waals surface area contributed by atoms with Gasteiger partial charge in [-0.3, -0.25) is 0 Å². The summed E-state index contributed by atoms with van der Waals surface area (Å²) < 4.78 is 33.3. The minimum absolute atomic E-state index is 0.0107. The van der Waals surface area contributed by atoms with Crippen molar-refractivity contribution >= 4 is 39.2 Å². The summed E-state index contributed by atoms with van der Waals surface area (Å²) in [5.74, 6) is -0.544. The molecule has 0 aromatic heterocycles. The van der Waals surface area contributed by atoms with Crippen molar-refractivity contribution in [2.75, 3.05) is 6.61 Å². The number of nitrogens with two attached hydrogens (primary N) is 1. The van der Waals surface area contributed by atoms with Gasteiger partial charge >= 0.3 is 5.97 Å². The lowest BCUT2D eigenvalue weighted by atomic mass is 10.1. The molecule has 0 radical (unpaired) electrons. The Labute approximate surface area is 125 Å². The zero-order valence-electron chi connectivity index (χ0n) is 10.4. The average molecular weight is 340 g/mol. The van der Waals surface area contributed by atoms with Gasteiger partial charge in [-0.05, 0) is 13.0 Å². The number of halogens is 2. The number of primary sulfonamides is 1. The smallest absolute Gasteiger partial charge is 0.347 e. The third kappa shape index (κ3) is 2.71. The first-order valence-electron chi connectivity index (χ1n) is 5.62. The summed E-state index contributed by atoms with van der Waals surface area (Å²) in [5, 5.41) is 5.16. The number of esters is 1. The second-order valence-corrected chi connectivity index (χ2v) is 6.40. The first kappa shape index (κ1) is 15.4. The largest absolute Gasteiger partial charge is 0.476 e. The number of carbonyl (C=O) groups excluding carboxylic acids is 1. The number of fused-ring (bicyclic) bond motifs is 1. The van der Waals surface area contributed by atoms with E-state index in [1.807, 2.05) is 0 Å². The van der Waals surface area contributed by atoms with E-state index in [9.17, 15) is 13.2 Å². The second-order valence-electron chi connectivity index (χ2n) is 4.09. The Balaban J connectivity index is 2.50. The normalized spacial score (nSPS) is 17.5. The molecule has 0 saturated heterocycles. The minimum atomic E-state index is -4.00. The van der Waals surface area contributed by atoms with Crippen LogP contribution in [0.15, 0.2) is 11.0 Å². The van der Waals surface area contributed by atoms with Gasteiger partial charge in [0.2, 0.25) is 10.0 Å². The van der Waals surface area contributed by atoms with E-state index < -0.39 is 22.1 Å². The van der Waals surface area contributed by atoms with Crippen LogP contribution in [0.3, 0.4) is 0 Å². The Bertz CT molecular complexity index is 674. The molecule has 0 saturated carbocycles. The monoisotopic (exact) mass is 339 g/mol. The molecule has 0 aliphatic carbocycles. The van der Waals surface area contributed by atoms with E-state index in [2.05, 4.69) is 0 Å². The van der Waals surface area contributed by atoms with Crippen molar-refractivity contribution in [3.63, 3.8) is 0 Å². The zero-order valence-corrected chi connectivity index (χ0v) is 12.7. The minimum Gasteiger partial charge on any atom is -0.476 e. The van der Waals surface area contributed by atoms with E-state index in [0.29, 0.717) is 0 Å². The van der Waals surface area contributed by atoms with Crippen LogP contribution in [0, 0.1) is 0 Å². The molecule has 0 bridgehead atoms. The maximum atomic E-state index is 11.7. The molecular formula is C11H11Cl2NO5S. The van der Waals surface area contributed by atoms with Crippen molar-refractivity contribution in [2.45, 2.75) is 24.3 Å². The van der Waals surface area contributed by atoms with E-state index in [-0.39, 0.29) is 39.3 Å². The molecule has 2 rings (SSSR count). The van der Waals surface area contributed by atoms with E-state index in [1.54, 1.807) is 6.92 Å². The van der Waals surface area contributed by atoms with Crippen LogP contribution >= 0.6 is 23.2 Å².